The Morgan fingerprint density at radius 2 is 1.51 bits per heavy atom. The van der Waals surface area contributed by atoms with E-state index in [1.54, 1.807) is 66.7 Å². The summed E-state index contributed by atoms with van der Waals surface area (Å²) in [4.78, 5) is 39.6. The van der Waals surface area contributed by atoms with Gasteiger partial charge in [-0.2, -0.15) is 0 Å². The van der Waals surface area contributed by atoms with Gasteiger partial charge >= 0.3 is 0 Å². The molecule has 0 aromatic heterocycles. The summed E-state index contributed by atoms with van der Waals surface area (Å²) in [6.45, 7) is 3.96. The van der Waals surface area contributed by atoms with Crippen molar-refractivity contribution in [2.24, 2.45) is 0 Å². The minimum atomic E-state index is -0.546. The van der Waals surface area contributed by atoms with Crippen LogP contribution in [0.1, 0.15) is 27.0 Å². The summed E-state index contributed by atoms with van der Waals surface area (Å²) in [5.41, 5.74) is 4.29. The van der Waals surface area contributed by atoms with E-state index in [-0.39, 0.29) is 17.4 Å². The third-order valence-electron chi connectivity index (χ3n) is 5.76. The molecule has 0 saturated carbocycles. The van der Waals surface area contributed by atoms with Crippen molar-refractivity contribution in [1.29, 1.82) is 0 Å². The molecular weight excluding hydrogens is 577 g/mol. The smallest absolute Gasteiger partial charge is 0.272 e. The molecule has 41 heavy (non-hydrogen) atoms. The van der Waals surface area contributed by atoms with Crippen LogP contribution in [-0.4, -0.2) is 23.5 Å². The van der Waals surface area contributed by atoms with Gasteiger partial charge in [-0.1, -0.05) is 59.6 Å². The van der Waals surface area contributed by atoms with Crippen molar-refractivity contribution in [3.63, 3.8) is 0 Å². The molecule has 4 aromatic rings. The highest BCUT2D eigenvalue weighted by Gasteiger charge is 2.16. The van der Waals surface area contributed by atoms with Gasteiger partial charge in [0.25, 0.3) is 11.8 Å². The number of hydrogen-bond donors (Lipinski definition) is 3. The number of carbonyl (C=O) groups excluding carboxylic acids is 3. The monoisotopic (exact) mass is 603 g/mol. The lowest BCUT2D eigenvalue weighted by atomic mass is 10.1. The molecule has 0 radical (unpaired) electrons. The highest BCUT2D eigenvalue weighted by atomic mass is 35.5. The van der Waals surface area contributed by atoms with Crippen LogP contribution in [0.5, 0.6) is 0 Å². The second-order valence-corrected chi connectivity index (χ2v) is 11.1. The third kappa shape index (κ3) is 8.98. The number of thioether (sulfide) groups is 1. The number of carbonyl (C=O) groups is 3. The molecule has 6 nitrogen and oxygen atoms in total. The lowest BCUT2D eigenvalue weighted by molar-refractivity contribution is -0.114. The summed E-state index contributed by atoms with van der Waals surface area (Å²) >= 11 is 13.7. The zero-order chi connectivity index (χ0) is 29.4. The van der Waals surface area contributed by atoms with E-state index in [1.807, 2.05) is 38.1 Å². The van der Waals surface area contributed by atoms with Gasteiger partial charge in [-0.25, -0.2) is 0 Å². The number of hydrogen-bond acceptors (Lipinski definition) is 4. The maximum absolute atomic E-state index is 13.4. The number of benzene rings is 4. The Morgan fingerprint density at radius 3 is 2.22 bits per heavy atom. The molecule has 0 aliphatic heterocycles. The Kier molecular flexibility index (Phi) is 10.2. The van der Waals surface area contributed by atoms with E-state index in [1.165, 1.54) is 17.8 Å². The van der Waals surface area contributed by atoms with Gasteiger partial charge in [0.2, 0.25) is 5.91 Å². The standard InChI is InChI=1S/C32H27Cl2N3O3S/c1-20-13-21(2)15-26(14-20)35-30(38)19-41-27-10-6-9-25(18-27)36-32(40)29(16-23-11-12-24(33)17-28(23)34)37-31(39)22-7-4-3-5-8-22/h3-18H,19H2,1-2H3,(H,35,38)(H,36,40)(H,37,39)/b29-16+. The molecule has 0 unspecified atom stereocenters. The maximum atomic E-state index is 13.4. The first-order valence-corrected chi connectivity index (χ1v) is 14.4. The van der Waals surface area contributed by atoms with Gasteiger partial charge in [0.15, 0.2) is 0 Å². The predicted molar refractivity (Wildman–Crippen MR) is 169 cm³/mol. The number of nitrogens with one attached hydrogen (secondary N) is 3. The van der Waals surface area contributed by atoms with Gasteiger partial charge < -0.3 is 16.0 Å². The van der Waals surface area contributed by atoms with Crippen molar-refractivity contribution in [2.45, 2.75) is 18.7 Å². The van der Waals surface area contributed by atoms with Gasteiger partial charge in [-0.05, 0) is 91.2 Å². The Balaban J connectivity index is 1.47. The largest absolute Gasteiger partial charge is 0.325 e. The average molecular weight is 605 g/mol. The summed E-state index contributed by atoms with van der Waals surface area (Å²) in [6, 6.07) is 26.4. The minimum absolute atomic E-state index is 0.00560. The van der Waals surface area contributed by atoms with Crippen molar-refractivity contribution < 1.29 is 14.4 Å². The van der Waals surface area contributed by atoms with E-state index in [4.69, 9.17) is 23.2 Å². The topological polar surface area (TPSA) is 87.3 Å². The summed E-state index contributed by atoms with van der Waals surface area (Å²) in [5.74, 6) is -0.938. The molecule has 0 atom stereocenters. The van der Waals surface area contributed by atoms with Gasteiger partial charge in [-0.15, -0.1) is 11.8 Å². The molecule has 0 aliphatic rings. The summed E-state index contributed by atoms with van der Waals surface area (Å²) in [7, 11) is 0. The lowest BCUT2D eigenvalue weighted by Gasteiger charge is -2.13. The van der Waals surface area contributed by atoms with Crippen LogP contribution in [0, 0.1) is 13.8 Å². The zero-order valence-electron chi connectivity index (χ0n) is 22.3. The highest BCUT2D eigenvalue weighted by molar-refractivity contribution is 8.00. The molecule has 0 spiro atoms. The van der Waals surface area contributed by atoms with Crippen LogP contribution < -0.4 is 16.0 Å². The van der Waals surface area contributed by atoms with Crippen molar-refractivity contribution in [3.05, 3.63) is 129 Å². The number of anilines is 2. The average Bonchev–Trinajstić information content (AvgIpc) is 2.93. The van der Waals surface area contributed by atoms with Crippen LogP contribution in [0.25, 0.3) is 6.08 Å². The molecule has 3 N–H and O–H groups in total. The van der Waals surface area contributed by atoms with Crippen molar-refractivity contribution >= 4 is 70.1 Å². The molecule has 208 valence electrons. The van der Waals surface area contributed by atoms with E-state index in [9.17, 15) is 14.4 Å². The van der Waals surface area contributed by atoms with Crippen LogP contribution in [0.4, 0.5) is 11.4 Å². The van der Waals surface area contributed by atoms with Crippen LogP contribution in [0.15, 0.2) is 102 Å². The third-order valence-corrected chi connectivity index (χ3v) is 7.31. The van der Waals surface area contributed by atoms with E-state index < -0.39 is 11.8 Å². The predicted octanol–water partition coefficient (Wildman–Crippen LogP) is 7.75. The first-order valence-electron chi connectivity index (χ1n) is 12.6. The SMILES string of the molecule is Cc1cc(C)cc(NC(=O)CSc2cccc(NC(=O)/C(=C\c3ccc(Cl)cc3Cl)NC(=O)c3ccccc3)c2)c1. The molecule has 3 amide bonds. The summed E-state index contributed by atoms with van der Waals surface area (Å²) in [6.07, 6.45) is 1.49. The quantitative estimate of drug-likeness (QED) is 0.135. The normalized spacial score (nSPS) is 11.1. The molecule has 0 fully saturated rings. The van der Waals surface area contributed by atoms with Gasteiger partial charge in [-0.3, -0.25) is 14.4 Å². The van der Waals surface area contributed by atoms with Gasteiger partial charge in [0, 0.05) is 31.9 Å². The van der Waals surface area contributed by atoms with Crippen molar-refractivity contribution in [1.82, 2.24) is 5.32 Å². The van der Waals surface area contributed by atoms with Crippen molar-refractivity contribution in [3.8, 4) is 0 Å². The van der Waals surface area contributed by atoms with Crippen LogP contribution in [0.3, 0.4) is 0 Å². The lowest BCUT2D eigenvalue weighted by Crippen LogP contribution is -2.30. The Bertz CT molecular complexity index is 1600. The van der Waals surface area contributed by atoms with Crippen LogP contribution in [-0.2, 0) is 9.59 Å². The van der Waals surface area contributed by atoms with Crippen molar-refractivity contribution in [2.75, 3.05) is 16.4 Å². The minimum Gasteiger partial charge on any atom is -0.325 e. The molecule has 0 bridgehead atoms. The first-order chi connectivity index (χ1) is 19.7. The van der Waals surface area contributed by atoms with E-state index in [2.05, 4.69) is 16.0 Å². The number of rotatable bonds is 9. The van der Waals surface area contributed by atoms with Gasteiger partial charge in [0.05, 0.1) is 5.75 Å². The number of amides is 3. The van der Waals surface area contributed by atoms with Crippen LogP contribution >= 0.6 is 35.0 Å². The maximum Gasteiger partial charge on any atom is 0.272 e. The van der Waals surface area contributed by atoms with Crippen LogP contribution in [0.2, 0.25) is 10.0 Å². The zero-order valence-corrected chi connectivity index (χ0v) is 24.7. The molecule has 0 saturated heterocycles. The Morgan fingerprint density at radius 1 is 0.780 bits per heavy atom. The second kappa shape index (κ2) is 14.0. The number of halogens is 2. The summed E-state index contributed by atoms with van der Waals surface area (Å²) in [5, 5.41) is 9.21. The molecule has 4 rings (SSSR count). The fourth-order valence-corrected chi connectivity index (χ4v) is 5.19. The molecule has 0 heterocycles. The molecule has 0 aliphatic carbocycles. The highest BCUT2D eigenvalue weighted by Crippen LogP contribution is 2.25. The van der Waals surface area contributed by atoms with Gasteiger partial charge in [0.1, 0.15) is 5.70 Å². The fourth-order valence-electron chi connectivity index (χ4n) is 3.97. The van der Waals surface area contributed by atoms with E-state index >= 15 is 0 Å². The summed E-state index contributed by atoms with van der Waals surface area (Å²) < 4.78 is 0. The molecule has 9 heteroatoms. The molecule has 4 aromatic carbocycles. The number of aryl methyl sites for hydroxylation is 2. The Labute approximate surface area is 253 Å². The van der Waals surface area contributed by atoms with E-state index in [0.717, 1.165) is 21.7 Å². The second-order valence-electron chi connectivity index (χ2n) is 9.24. The Hall–Kier alpha value is -4.04. The molecular formula is C32H27Cl2N3O3S. The first kappa shape index (κ1) is 29.9. The van der Waals surface area contributed by atoms with E-state index in [0.29, 0.717) is 26.9 Å². The fraction of sp³-hybridized carbons (Fsp3) is 0.0938.